The largest absolute Gasteiger partial charge is 0.499 e. The zero-order valence-electron chi connectivity index (χ0n) is 15.6. The number of benzene rings is 1. The van der Waals surface area contributed by atoms with E-state index < -0.39 is 12.2 Å². The van der Waals surface area contributed by atoms with Crippen LogP contribution in [0.5, 0.6) is 0 Å². The van der Waals surface area contributed by atoms with Crippen LogP contribution in [0.2, 0.25) is 0 Å². The minimum Gasteiger partial charge on any atom is -0.499 e. The highest BCUT2D eigenvalue weighted by molar-refractivity contribution is 5.95. The summed E-state index contributed by atoms with van der Waals surface area (Å²) in [6, 6.07) is 9.69. The summed E-state index contributed by atoms with van der Waals surface area (Å²) >= 11 is 0. The van der Waals surface area contributed by atoms with Gasteiger partial charge in [0.2, 0.25) is 0 Å². The van der Waals surface area contributed by atoms with Gasteiger partial charge in [0.05, 0.1) is 19.3 Å². The molecule has 2 aromatic heterocycles. The Bertz CT molecular complexity index is 1090. The van der Waals surface area contributed by atoms with Crippen molar-refractivity contribution in [1.29, 1.82) is 0 Å². The van der Waals surface area contributed by atoms with Gasteiger partial charge < -0.3 is 20.8 Å². The molecule has 7 heteroatoms. The lowest BCUT2D eigenvalue weighted by atomic mass is 9.87. The van der Waals surface area contributed by atoms with Gasteiger partial charge in [-0.3, -0.25) is 0 Å². The maximum atomic E-state index is 13.0. The predicted octanol–water partition coefficient (Wildman–Crippen LogP) is 3.00. The van der Waals surface area contributed by atoms with Crippen LogP contribution in [-0.2, 0) is 16.8 Å². The molecule has 1 aliphatic carbocycles. The lowest BCUT2D eigenvalue weighted by molar-refractivity contribution is 0.211. The van der Waals surface area contributed by atoms with Crippen LogP contribution in [0.15, 0.2) is 66.3 Å². The fraction of sp³-hybridized carbons (Fsp3) is 0.238. The third-order valence-electron chi connectivity index (χ3n) is 5.04. The summed E-state index contributed by atoms with van der Waals surface area (Å²) in [5.41, 5.74) is 14.8. The number of hydrogen-bond acceptors (Lipinski definition) is 5. The normalized spacial score (nSPS) is 19.4. The van der Waals surface area contributed by atoms with E-state index in [0.29, 0.717) is 29.4 Å². The zero-order valence-corrected chi connectivity index (χ0v) is 15.6. The van der Waals surface area contributed by atoms with Crippen molar-refractivity contribution in [3.63, 3.8) is 0 Å². The SMILES string of the molecule is COC1=CC=C(N)CC1(N)c1nccc(-c2cn(CCF)c3ccccc23)n1. The number of aromatic nitrogens is 3. The first kappa shape index (κ1) is 18.2. The maximum absolute atomic E-state index is 13.0. The molecular formula is C21H22FN5O. The van der Waals surface area contributed by atoms with E-state index in [9.17, 15) is 4.39 Å². The van der Waals surface area contributed by atoms with Crippen molar-refractivity contribution in [1.82, 2.24) is 14.5 Å². The molecule has 0 saturated carbocycles. The van der Waals surface area contributed by atoms with Gasteiger partial charge in [-0.2, -0.15) is 0 Å². The summed E-state index contributed by atoms with van der Waals surface area (Å²) in [6.07, 6.45) is 7.48. The smallest absolute Gasteiger partial charge is 0.156 e. The molecule has 0 amide bonds. The lowest BCUT2D eigenvalue weighted by Gasteiger charge is -2.32. The fourth-order valence-electron chi connectivity index (χ4n) is 3.69. The van der Waals surface area contributed by atoms with E-state index in [-0.39, 0.29) is 6.54 Å². The number of allylic oxidation sites excluding steroid dienone is 2. The molecule has 4 rings (SSSR count). The van der Waals surface area contributed by atoms with Crippen LogP contribution in [-0.4, -0.2) is 28.3 Å². The Kier molecular flexibility index (Phi) is 4.60. The number of rotatable bonds is 5. The van der Waals surface area contributed by atoms with Crippen LogP contribution >= 0.6 is 0 Å². The van der Waals surface area contributed by atoms with E-state index in [4.69, 9.17) is 21.2 Å². The molecule has 144 valence electrons. The first-order valence-corrected chi connectivity index (χ1v) is 9.04. The number of methoxy groups -OCH3 is 1. The Hall–Kier alpha value is -3.19. The molecule has 1 aliphatic rings. The molecule has 2 heterocycles. The molecule has 6 nitrogen and oxygen atoms in total. The molecule has 0 radical (unpaired) electrons. The van der Waals surface area contributed by atoms with Gasteiger partial charge in [0.1, 0.15) is 18.0 Å². The third-order valence-corrected chi connectivity index (χ3v) is 5.04. The van der Waals surface area contributed by atoms with E-state index >= 15 is 0 Å². The number of para-hydroxylation sites is 1. The molecule has 0 spiro atoms. The van der Waals surface area contributed by atoms with Gasteiger partial charge in [0.25, 0.3) is 0 Å². The van der Waals surface area contributed by atoms with Crippen molar-refractivity contribution < 1.29 is 9.13 Å². The standard InChI is InChI=1S/C21H22FN5O/c1-28-19-7-6-14(23)12-21(19,24)20-25-10-8-17(26-20)16-13-27(11-9-22)18-5-3-2-4-15(16)18/h2-8,10,13H,9,11-12,23-24H2,1H3. The molecule has 1 aromatic carbocycles. The number of aryl methyl sites for hydroxylation is 1. The van der Waals surface area contributed by atoms with Gasteiger partial charge in [-0.05, 0) is 24.3 Å². The summed E-state index contributed by atoms with van der Waals surface area (Å²) in [6.45, 7) is -0.149. The van der Waals surface area contributed by atoms with Crippen LogP contribution in [0.25, 0.3) is 22.2 Å². The number of alkyl halides is 1. The van der Waals surface area contributed by atoms with E-state index in [1.165, 1.54) is 0 Å². The average molecular weight is 379 g/mol. The van der Waals surface area contributed by atoms with E-state index in [1.807, 2.05) is 41.1 Å². The van der Waals surface area contributed by atoms with Crippen molar-refractivity contribution in [2.24, 2.45) is 11.5 Å². The van der Waals surface area contributed by atoms with Gasteiger partial charge in [-0.1, -0.05) is 18.2 Å². The van der Waals surface area contributed by atoms with Crippen molar-refractivity contribution in [2.45, 2.75) is 18.5 Å². The van der Waals surface area contributed by atoms with Crippen molar-refractivity contribution in [3.05, 3.63) is 72.2 Å². The van der Waals surface area contributed by atoms with Crippen molar-refractivity contribution >= 4 is 10.9 Å². The van der Waals surface area contributed by atoms with E-state index in [1.54, 1.807) is 25.5 Å². The van der Waals surface area contributed by atoms with Gasteiger partial charge in [0, 0.05) is 41.0 Å². The number of nitrogens with two attached hydrogens (primary N) is 2. The van der Waals surface area contributed by atoms with E-state index in [2.05, 4.69) is 4.98 Å². The zero-order chi connectivity index (χ0) is 19.7. The molecule has 0 bridgehead atoms. The average Bonchev–Trinajstić information content (AvgIpc) is 3.07. The van der Waals surface area contributed by atoms with Gasteiger partial charge in [0.15, 0.2) is 5.82 Å². The lowest BCUT2D eigenvalue weighted by Crippen LogP contribution is -2.43. The minimum absolute atomic E-state index is 0.289. The van der Waals surface area contributed by atoms with E-state index in [0.717, 1.165) is 16.5 Å². The Morgan fingerprint density at radius 1 is 1.25 bits per heavy atom. The molecule has 4 N–H and O–H groups in total. The van der Waals surface area contributed by atoms with Gasteiger partial charge >= 0.3 is 0 Å². The molecule has 0 saturated heterocycles. The highest BCUT2D eigenvalue weighted by Gasteiger charge is 2.38. The molecule has 3 aromatic rings. The second kappa shape index (κ2) is 7.09. The Labute approximate surface area is 162 Å². The topological polar surface area (TPSA) is 92.0 Å². The first-order chi connectivity index (χ1) is 13.6. The van der Waals surface area contributed by atoms with Crippen molar-refractivity contribution in [3.8, 4) is 11.3 Å². The van der Waals surface area contributed by atoms with Crippen LogP contribution < -0.4 is 11.5 Å². The monoisotopic (exact) mass is 379 g/mol. The highest BCUT2D eigenvalue weighted by atomic mass is 19.1. The number of halogens is 1. The maximum Gasteiger partial charge on any atom is 0.156 e. The predicted molar refractivity (Wildman–Crippen MR) is 107 cm³/mol. The second-order valence-corrected chi connectivity index (χ2v) is 6.83. The highest BCUT2D eigenvalue weighted by Crippen LogP contribution is 2.35. The van der Waals surface area contributed by atoms with Crippen LogP contribution in [0, 0.1) is 0 Å². The molecule has 1 unspecified atom stereocenters. The minimum atomic E-state index is -1.04. The quantitative estimate of drug-likeness (QED) is 0.711. The number of ether oxygens (including phenoxy) is 1. The Balaban J connectivity index is 1.84. The summed E-state index contributed by atoms with van der Waals surface area (Å²) < 4.78 is 20.4. The fourth-order valence-corrected chi connectivity index (χ4v) is 3.69. The van der Waals surface area contributed by atoms with Gasteiger partial charge in [-0.25, -0.2) is 14.4 Å². The summed E-state index contributed by atoms with van der Waals surface area (Å²) in [5.74, 6) is 0.982. The third kappa shape index (κ3) is 2.93. The number of fused-ring (bicyclic) bond motifs is 1. The molecular weight excluding hydrogens is 357 g/mol. The second-order valence-electron chi connectivity index (χ2n) is 6.83. The van der Waals surface area contributed by atoms with Crippen molar-refractivity contribution in [2.75, 3.05) is 13.8 Å². The Morgan fingerprint density at radius 3 is 2.86 bits per heavy atom. The van der Waals surface area contributed by atoms with Crippen LogP contribution in [0.4, 0.5) is 4.39 Å². The van der Waals surface area contributed by atoms with Crippen LogP contribution in [0.3, 0.4) is 0 Å². The number of nitrogens with zero attached hydrogens (tertiary/aromatic N) is 3. The molecule has 28 heavy (non-hydrogen) atoms. The molecule has 0 fully saturated rings. The first-order valence-electron chi connectivity index (χ1n) is 9.04. The van der Waals surface area contributed by atoms with Gasteiger partial charge in [-0.15, -0.1) is 0 Å². The molecule has 1 atom stereocenters. The summed E-state index contributed by atoms with van der Waals surface area (Å²) in [5, 5.41) is 0.997. The molecule has 0 aliphatic heterocycles. The summed E-state index contributed by atoms with van der Waals surface area (Å²) in [4.78, 5) is 9.16. The summed E-state index contributed by atoms with van der Waals surface area (Å²) in [7, 11) is 1.57. The Morgan fingerprint density at radius 2 is 2.07 bits per heavy atom. The number of hydrogen-bond donors (Lipinski definition) is 2. The van der Waals surface area contributed by atoms with Crippen LogP contribution in [0.1, 0.15) is 12.2 Å².